The van der Waals surface area contributed by atoms with Crippen LogP contribution in [0.5, 0.6) is 0 Å². The first-order valence-electron chi connectivity index (χ1n) is 5.85. The monoisotopic (exact) mass is 285 g/mol. The van der Waals surface area contributed by atoms with E-state index in [0.717, 1.165) is 10.8 Å². The van der Waals surface area contributed by atoms with Crippen LogP contribution in [0.4, 0.5) is 10.9 Å². The molecule has 0 atom stereocenters. The summed E-state index contributed by atoms with van der Waals surface area (Å²) < 4.78 is 0. The minimum Gasteiger partial charge on any atom is -0.308 e. The van der Waals surface area contributed by atoms with Gasteiger partial charge in [-0.1, -0.05) is 24.3 Å². The Labute approximate surface area is 118 Å². The molecule has 0 spiro atoms. The first-order valence-corrected chi connectivity index (χ1v) is 6.73. The molecular formula is C13H11N5OS. The highest BCUT2D eigenvalue weighted by Crippen LogP contribution is 2.24. The largest absolute Gasteiger partial charge is 0.308 e. The molecule has 0 fully saturated rings. The zero-order valence-electron chi connectivity index (χ0n) is 10.3. The van der Waals surface area contributed by atoms with Gasteiger partial charge in [-0.15, -0.1) is 11.3 Å². The summed E-state index contributed by atoms with van der Waals surface area (Å²) in [7, 11) is 0. The number of nitrogens with one attached hydrogen (secondary N) is 2. The maximum absolute atomic E-state index is 12.3. The van der Waals surface area contributed by atoms with Gasteiger partial charge >= 0.3 is 0 Å². The Bertz CT molecular complexity index is 757. The number of pyridine rings is 1. The average molecular weight is 285 g/mol. The van der Waals surface area contributed by atoms with E-state index in [1.54, 1.807) is 11.6 Å². The lowest BCUT2D eigenvalue weighted by Gasteiger charge is -2.09. The van der Waals surface area contributed by atoms with Crippen LogP contribution in [0.1, 0.15) is 10.4 Å². The van der Waals surface area contributed by atoms with Gasteiger partial charge in [-0.2, -0.15) is 0 Å². The van der Waals surface area contributed by atoms with Crippen LogP contribution in [0.25, 0.3) is 10.8 Å². The van der Waals surface area contributed by atoms with Gasteiger partial charge in [0, 0.05) is 23.2 Å². The molecule has 0 radical (unpaired) electrons. The Morgan fingerprint density at radius 3 is 2.70 bits per heavy atom. The van der Waals surface area contributed by atoms with Gasteiger partial charge in [0.2, 0.25) is 0 Å². The molecule has 6 nitrogen and oxygen atoms in total. The molecule has 0 bridgehead atoms. The maximum Gasteiger partial charge on any atom is 0.259 e. The quantitative estimate of drug-likeness (QED) is 0.507. The normalized spacial score (nSPS) is 10.4. The van der Waals surface area contributed by atoms with E-state index < -0.39 is 0 Å². The molecule has 100 valence electrons. The van der Waals surface area contributed by atoms with Crippen LogP contribution >= 0.6 is 11.3 Å². The van der Waals surface area contributed by atoms with Gasteiger partial charge in [0.25, 0.3) is 5.91 Å². The van der Waals surface area contributed by atoms with E-state index in [4.69, 9.17) is 5.84 Å². The molecule has 7 heteroatoms. The van der Waals surface area contributed by atoms with Crippen molar-refractivity contribution in [3.05, 3.63) is 47.6 Å². The van der Waals surface area contributed by atoms with Crippen molar-refractivity contribution in [3.63, 3.8) is 0 Å². The number of carbonyl (C=O) groups is 1. The molecule has 2 heterocycles. The molecule has 1 amide bonds. The minimum absolute atomic E-state index is 0.243. The smallest absolute Gasteiger partial charge is 0.259 e. The van der Waals surface area contributed by atoms with Crippen LogP contribution in [0.3, 0.4) is 0 Å². The summed E-state index contributed by atoms with van der Waals surface area (Å²) in [5.74, 6) is 5.72. The Morgan fingerprint density at radius 2 is 2.00 bits per heavy atom. The number of hydrogen-bond donors (Lipinski definition) is 3. The Kier molecular flexibility index (Phi) is 3.28. The van der Waals surface area contributed by atoms with Crippen LogP contribution in [0.2, 0.25) is 0 Å². The fourth-order valence-electron chi connectivity index (χ4n) is 1.94. The van der Waals surface area contributed by atoms with Gasteiger partial charge in [-0.3, -0.25) is 10.1 Å². The summed E-state index contributed by atoms with van der Waals surface area (Å²) in [4.78, 5) is 20.5. The number of rotatable bonds is 3. The van der Waals surface area contributed by atoms with E-state index in [-0.39, 0.29) is 5.91 Å². The van der Waals surface area contributed by atoms with Crippen molar-refractivity contribution in [1.29, 1.82) is 0 Å². The number of carbonyl (C=O) groups excluding carboxylic acids is 1. The molecule has 0 saturated carbocycles. The Morgan fingerprint density at radius 1 is 1.20 bits per heavy atom. The van der Waals surface area contributed by atoms with Crippen molar-refractivity contribution >= 4 is 39.0 Å². The molecule has 0 aliphatic carbocycles. The topological polar surface area (TPSA) is 92.9 Å². The zero-order valence-corrected chi connectivity index (χ0v) is 11.1. The second kappa shape index (κ2) is 5.24. The van der Waals surface area contributed by atoms with Gasteiger partial charge in [-0.05, 0) is 5.39 Å². The number of anilines is 2. The number of nitrogens with two attached hydrogens (primary N) is 1. The van der Waals surface area contributed by atoms with Crippen molar-refractivity contribution in [2.75, 3.05) is 10.7 Å². The van der Waals surface area contributed by atoms with E-state index >= 15 is 0 Å². The van der Waals surface area contributed by atoms with Gasteiger partial charge in [0.15, 0.2) is 5.13 Å². The highest BCUT2D eigenvalue weighted by Gasteiger charge is 2.14. The number of aromatic nitrogens is 2. The van der Waals surface area contributed by atoms with Crippen molar-refractivity contribution in [2.24, 2.45) is 5.84 Å². The number of fused-ring (bicyclic) bond motifs is 1. The summed E-state index contributed by atoms with van der Waals surface area (Å²) >= 11 is 1.36. The van der Waals surface area contributed by atoms with Crippen LogP contribution in [0, 0.1) is 0 Å². The molecule has 3 aromatic rings. The number of amides is 1. The lowest BCUT2D eigenvalue weighted by atomic mass is 10.1. The van der Waals surface area contributed by atoms with Crippen LogP contribution in [-0.4, -0.2) is 15.9 Å². The average Bonchev–Trinajstić information content (AvgIpc) is 2.99. The second-order valence-corrected chi connectivity index (χ2v) is 4.90. The van der Waals surface area contributed by atoms with E-state index in [2.05, 4.69) is 20.7 Å². The summed E-state index contributed by atoms with van der Waals surface area (Å²) in [6.07, 6.45) is 3.14. The molecule has 0 saturated heterocycles. The second-order valence-electron chi connectivity index (χ2n) is 4.00. The maximum atomic E-state index is 12.3. The molecule has 0 aliphatic rings. The molecule has 0 unspecified atom stereocenters. The number of thiazole rings is 1. The highest BCUT2D eigenvalue weighted by molar-refractivity contribution is 7.13. The van der Waals surface area contributed by atoms with Crippen molar-refractivity contribution < 1.29 is 4.79 Å². The molecule has 1 aromatic carbocycles. The lowest BCUT2D eigenvalue weighted by Crippen LogP contribution is -2.14. The molecule has 0 aliphatic heterocycles. The zero-order chi connectivity index (χ0) is 13.9. The summed E-state index contributed by atoms with van der Waals surface area (Å²) in [6, 6.07) is 7.45. The molecule has 4 N–H and O–H groups in total. The molecular weight excluding hydrogens is 274 g/mol. The fraction of sp³-hybridized carbons (Fsp3) is 0. The van der Waals surface area contributed by atoms with Gasteiger partial charge in [0.1, 0.15) is 5.82 Å². The number of benzene rings is 1. The third kappa shape index (κ3) is 2.20. The predicted molar refractivity (Wildman–Crippen MR) is 79.6 cm³/mol. The van der Waals surface area contributed by atoms with Crippen LogP contribution in [0.15, 0.2) is 42.0 Å². The van der Waals surface area contributed by atoms with Crippen LogP contribution in [-0.2, 0) is 0 Å². The van der Waals surface area contributed by atoms with E-state index in [0.29, 0.717) is 16.5 Å². The van der Waals surface area contributed by atoms with Crippen molar-refractivity contribution in [1.82, 2.24) is 9.97 Å². The lowest BCUT2D eigenvalue weighted by molar-refractivity contribution is 0.102. The summed E-state index contributed by atoms with van der Waals surface area (Å²) in [6.45, 7) is 0. The molecule has 3 rings (SSSR count). The SMILES string of the molecule is NNc1ncc(C(=O)Nc2nccs2)c2ccccc12. The molecule has 20 heavy (non-hydrogen) atoms. The van der Waals surface area contributed by atoms with Crippen molar-refractivity contribution in [3.8, 4) is 0 Å². The van der Waals surface area contributed by atoms with Crippen molar-refractivity contribution in [2.45, 2.75) is 0 Å². The predicted octanol–water partition coefficient (Wildman–Crippen LogP) is 2.23. The van der Waals surface area contributed by atoms with Gasteiger partial charge in [-0.25, -0.2) is 15.8 Å². The number of hydrazine groups is 1. The first-order chi connectivity index (χ1) is 9.79. The highest BCUT2D eigenvalue weighted by atomic mass is 32.1. The summed E-state index contributed by atoms with van der Waals surface area (Å²) in [5.41, 5.74) is 3.01. The molecule has 2 aromatic heterocycles. The fourth-order valence-corrected chi connectivity index (χ4v) is 2.46. The number of nitrogen functional groups attached to an aromatic ring is 1. The Hall–Kier alpha value is -2.51. The van der Waals surface area contributed by atoms with E-state index in [1.807, 2.05) is 24.3 Å². The number of hydrogen-bond acceptors (Lipinski definition) is 6. The first kappa shape index (κ1) is 12.5. The third-order valence-corrected chi connectivity index (χ3v) is 3.52. The standard InChI is InChI=1S/C13H11N5OS/c14-18-11-9-4-2-1-3-8(9)10(7-16-11)12(19)17-13-15-5-6-20-13/h1-7H,14H2,(H,16,18)(H,15,17,19). The van der Waals surface area contributed by atoms with E-state index in [9.17, 15) is 4.79 Å². The van der Waals surface area contributed by atoms with Crippen LogP contribution < -0.4 is 16.6 Å². The minimum atomic E-state index is -0.243. The van der Waals surface area contributed by atoms with E-state index in [1.165, 1.54) is 17.5 Å². The van der Waals surface area contributed by atoms with Gasteiger partial charge < -0.3 is 5.43 Å². The Balaban J connectivity index is 2.05. The third-order valence-electron chi connectivity index (χ3n) is 2.83. The van der Waals surface area contributed by atoms with Gasteiger partial charge in [0.05, 0.1) is 5.56 Å². The number of nitrogens with zero attached hydrogens (tertiary/aromatic N) is 2. The summed E-state index contributed by atoms with van der Waals surface area (Å²) in [5, 5.41) is 6.67.